The molecule has 1 aliphatic heterocycles. The van der Waals surface area contributed by atoms with Crippen molar-refractivity contribution in [3.8, 4) is 11.5 Å². The van der Waals surface area contributed by atoms with Gasteiger partial charge in [-0.2, -0.15) is 0 Å². The van der Waals surface area contributed by atoms with Crippen LogP contribution in [0.1, 0.15) is 24.8 Å². The number of hydrogen-bond acceptors (Lipinski definition) is 4. The normalized spacial score (nSPS) is 17.2. The molecule has 1 aromatic rings. The monoisotopic (exact) mass is 236 g/mol. The predicted molar refractivity (Wildman–Crippen MR) is 62.5 cm³/mol. The van der Waals surface area contributed by atoms with Crippen LogP contribution in [0.3, 0.4) is 0 Å². The van der Waals surface area contributed by atoms with Crippen LogP contribution in [0.4, 0.5) is 0 Å². The number of fused-ring (bicyclic) bond motifs is 1. The first-order valence-corrected chi connectivity index (χ1v) is 5.71. The number of benzene rings is 1. The summed E-state index contributed by atoms with van der Waals surface area (Å²) in [6, 6.07) is 5.71. The van der Waals surface area contributed by atoms with E-state index in [-0.39, 0.29) is 11.9 Å². The smallest absolute Gasteiger partial charge is 0.306 e. The van der Waals surface area contributed by atoms with Crippen LogP contribution in [0.2, 0.25) is 0 Å². The maximum Gasteiger partial charge on any atom is 0.306 e. The molecule has 0 radical (unpaired) electrons. The first-order chi connectivity index (χ1) is 8.24. The molecule has 0 spiro atoms. The molecule has 1 aromatic carbocycles. The highest BCUT2D eigenvalue weighted by molar-refractivity contribution is 5.71. The fraction of sp³-hybridized carbons (Fsp3) is 0.462. The molecule has 0 N–H and O–H groups in total. The lowest BCUT2D eigenvalue weighted by Gasteiger charge is -2.08. The van der Waals surface area contributed by atoms with Gasteiger partial charge in [-0.25, -0.2) is 0 Å². The number of hydrogen-bond donors (Lipinski definition) is 0. The summed E-state index contributed by atoms with van der Waals surface area (Å²) in [6.45, 7) is 3.09. The van der Waals surface area contributed by atoms with Gasteiger partial charge in [0.2, 0.25) is 0 Å². The molecule has 1 aliphatic rings. The van der Waals surface area contributed by atoms with E-state index in [4.69, 9.17) is 9.47 Å². The van der Waals surface area contributed by atoms with Gasteiger partial charge in [-0.1, -0.05) is 0 Å². The molecular weight excluding hydrogens is 220 g/mol. The van der Waals surface area contributed by atoms with Gasteiger partial charge in [0, 0.05) is 11.5 Å². The Morgan fingerprint density at radius 2 is 2.35 bits per heavy atom. The molecule has 0 aromatic heterocycles. The van der Waals surface area contributed by atoms with Gasteiger partial charge in [-0.3, -0.25) is 4.79 Å². The maximum absolute atomic E-state index is 11.3. The summed E-state index contributed by atoms with van der Waals surface area (Å²) in [7, 11) is 1.40. The molecule has 0 fully saturated rings. The topological polar surface area (TPSA) is 44.8 Å². The summed E-state index contributed by atoms with van der Waals surface area (Å²) in [6.07, 6.45) is 0.346. The fourth-order valence-corrected chi connectivity index (χ4v) is 1.97. The second-order valence-electron chi connectivity index (χ2n) is 3.92. The van der Waals surface area contributed by atoms with Crippen LogP contribution < -0.4 is 9.47 Å². The second kappa shape index (κ2) is 5.08. The Bertz CT molecular complexity index is 414. The third-order valence-electron chi connectivity index (χ3n) is 2.81. The Hall–Kier alpha value is -1.71. The molecule has 4 heteroatoms. The molecule has 0 amide bonds. The molecule has 1 atom stereocenters. The lowest BCUT2D eigenvalue weighted by molar-refractivity contribution is -0.141. The highest BCUT2D eigenvalue weighted by Gasteiger charge is 2.27. The lowest BCUT2D eigenvalue weighted by Crippen LogP contribution is -2.09. The van der Waals surface area contributed by atoms with Crippen molar-refractivity contribution in [3.05, 3.63) is 23.8 Å². The van der Waals surface area contributed by atoms with Crippen LogP contribution in [0.25, 0.3) is 0 Å². The summed E-state index contributed by atoms with van der Waals surface area (Å²) in [5.74, 6) is 1.50. The van der Waals surface area contributed by atoms with Gasteiger partial charge < -0.3 is 14.2 Å². The van der Waals surface area contributed by atoms with Gasteiger partial charge in [-0.05, 0) is 25.1 Å². The zero-order chi connectivity index (χ0) is 12.3. The van der Waals surface area contributed by atoms with E-state index < -0.39 is 0 Å². The summed E-state index contributed by atoms with van der Waals surface area (Å²) in [5, 5.41) is 0. The Kier molecular flexibility index (Phi) is 3.52. The Balaban J connectivity index is 2.17. The summed E-state index contributed by atoms with van der Waals surface area (Å²) < 4.78 is 15.6. The van der Waals surface area contributed by atoms with Crippen LogP contribution in [-0.2, 0) is 9.53 Å². The van der Waals surface area contributed by atoms with Crippen LogP contribution in [0.15, 0.2) is 18.2 Å². The number of carbonyl (C=O) groups is 1. The highest BCUT2D eigenvalue weighted by Crippen LogP contribution is 2.38. The molecule has 2 rings (SSSR count). The first-order valence-electron chi connectivity index (χ1n) is 5.71. The fourth-order valence-electron chi connectivity index (χ4n) is 1.97. The summed E-state index contributed by atoms with van der Waals surface area (Å²) in [5.41, 5.74) is 1.03. The quantitative estimate of drug-likeness (QED) is 0.751. The van der Waals surface area contributed by atoms with Crippen molar-refractivity contribution < 1.29 is 19.0 Å². The maximum atomic E-state index is 11.3. The molecule has 1 heterocycles. The first kappa shape index (κ1) is 11.8. The average molecular weight is 236 g/mol. The summed E-state index contributed by atoms with van der Waals surface area (Å²) in [4.78, 5) is 11.3. The molecule has 17 heavy (non-hydrogen) atoms. The summed E-state index contributed by atoms with van der Waals surface area (Å²) >= 11 is 0. The number of methoxy groups -OCH3 is 1. The van der Waals surface area contributed by atoms with Gasteiger partial charge in [0.05, 0.1) is 26.7 Å². The number of rotatable bonds is 4. The van der Waals surface area contributed by atoms with Gasteiger partial charge in [0.25, 0.3) is 0 Å². The molecule has 0 saturated heterocycles. The largest absolute Gasteiger partial charge is 0.494 e. The van der Waals surface area contributed by atoms with E-state index in [2.05, 4.69) is 4.74 Å². The predicted octanol–water partition coefficient (Wildman–Crippen LogP) is 2.12. The Morgan fingerprint density at radius 1 is 1.53 bits per heavy atom. The van der Waals surface area contributed by atoms with E-state index in [1.165, 1.54) is 7.11 Å². The molecule has 0 bridgehead atoms. The number of carbonyl (C=O) groups excluding carboxylic acids is 1. The molecule has 92 valence electrons. The molecule has 0 unspecified atom stereocenters. The number of ether oxygens (including phenoxy) is 3. The van der Waals surface area contributed by atoms with E-state index in [9.17, 15) is 4.79 Å². The van der Waals surface area contributed by atoms with Crippen LogP contribution in [0, 0.1) is 0 Å². The second-order valence-corrected chi connectivity index (χ2v) is 3.92. The van der Waals surface area contributed by atoms with Crippen molar-refractivity contribution >= 4 is 5.97 Å². The van der Waals surface area contributed by atoms with Gasteiger partial charge in [0.15, 0.2) is 0 Å². The van der Waals surface area contributed by atoms with E-state index in [1.54, 1.807) is 0 Å². The molecule has 0 saturated carbocycles. The average Bonchev–Trinajstić information content (AvgIpc) is 2.72. The SMILES string of the molecule is CCOc1ccc2c(c1)[C@H](CC(=O)OC)CO2. The minimum Gasteiger partial charge on any atom is -0.494 e. The van der Waals surface area contributed by atoms with Crippen molar-refractivity contribution in [1.82, 2.24) is 0 Å². The van der Waals surface area contributed by atoms with E-state index in [0.717, 1.165) is 17.1 Å². The third-order valence-corrected chi connectivity index (χ3v) is 2.81. The van der Waals surface area contributed by atoms with Crippen molar-refractivity contribution in [1.29, 1.82) is 0 Å². The van der Waals surface area contributed by atoms with Crippen molar-refractivity contribution in [2.75, 3.05) is 20.3 Å². The van der Waals surface area contributed by atoms with E-state index in [0.29, 0.717) is 19.6 Å². The van der Waals surface area contributed by atoms with Crippen molar-refractivity contribution in [2.24, 2.45) is 0 Å². The van der Waals surface area contributed by atoms with Crippen LogP contribution in [0.5, 0.6) is 11.5 Å². The van der Waals surface area contributed by atoms with Crippen molar-refractivity contribution in [2.45, 2.75) is 19.3 Å². The molecule has 4 nitrogen and oxygen atoms in total. The highest BCUT2D eigenvalue weighted by atomic mass is 16.5. The van der Waals surface area contributed by atoms with Crippen molar-refractivity contribution in [3.63, 3.8) is 0 Å². The zero-order valence-corrected chi connectivity index (χ0v) is 10.1. The molecular formula is C13H16O4. The van der Waals surface area contributed by atoms with Gasteiger partial charge in [0.1, 0.15) is 11.5 Å². The lowest BCUT2D eigenvalue weighted by atomic mass is 9.98. The zero-order valence-electron chi connectivity index (χ0n) is 10.1. The van der Waals surface area contributed by atoms with Crippen LogP contribution >= 0.6 is 0 Å². The van der Waals surface area contributed by atoms with Gasteiger partial charge >= 0.3 is 5.97 Å². The van der Waals surface area contributed by atoms with Crippen LogP contribution in [-0.4, -0.2) is 26.3 Å². The standard InChI is InChI=1S/C13H16O4/c1-3-16-10-4-5-12-11(7-10)9(8-17-12)6-13(14)15-2/h4-5,7,9H,3,6,8H2,1-2H3/t9-/m1/s1. The Labute approximate surface area is 100 Å². The number of esters is 1. The van der Waals surface area contributed by atoms with Gasteiger partial charge in [-0.15, -0.1) is 0 Å². The minimum absolute atomic E-state index is 0.0675. The minimum atomic E-state index is -0.215. The van der Waals surface area contributed by atoms with E-state index in [1.807, 2.05) is 25.1 Å². The third kappa shape index (κ3) is 2.52. The molecule has 0 aliphatic carbocycles. The van der Waals surface area contributed by atoms with E-state index >= 15 is 0 Å². The Morgan fingerprint density at radius 3 is 3.06 bits per heavy atom.